The van der Waals surface area contributed by atoms with Gasteiger partial charge in [-0.1, -0.05) is 78.9 Å². The Balaban J connectivity index is 0.000000164. The van der Waals surface area contributed by atoms with Crippen molar-refractivity contribution in [2.75, 3.05) is 0 Å². The predicted octanol–water partition coefficient (Wildman–Crippen LogP) is 5.53. The summed E-state index contributed by atoms with van der Waals surface area (Å²) in [6, 6.07) is 17.0. The van der Waals surface area contributed by atoms with E-state index in [1.807, 2.05) is 26.0 Å². The summed E-state index contributed by atoms with van der Waals surface area (Å²) < 4.78 is 0. The number of hydrogen-bond acceptors (Lipinski definition) is 1. The summed E-state index contributed by atoms with van der Waals surface area (Å²) in [7, 11) is 0. The molecule has 2 aromatic carbocycles. The van der Waals surface area contributed by atoms with Crippen molar-refractivity contribution >= 4 is 0 Å². The summed E-state index contributed by atoms with van der Waals surface area (Å²) >= 11 is 0. The van der Waals surface area contributed by atoms with Gasteiger partial charge in [-0.05, 0) is 43.7 Å². The van der Waals surface area contributed by atoms with Crippen molar-refractivity contribution in [2.24, 2.45) is 0 Å². The Hall–Kier alpha value is -1.60. The largest absolute Gasteiger partial charge is 0.392 e. The van der Waals surface area contributed by atoms with Gasteiger partial charge < -0.3 is 5.11 Å². The number of rotatable bonds is 2. The van der Waals surface area contributed by atoms with Crippen molar-refractivity contribution in [3.8, 4) is 0 Å². The minimum absolute atomic E-state index is 0.141. The van der Waals surface area contributed by atoms with Crippen LogP contribution in [0, 0.1) is 13.8 Å². The van der Waals surface area contributed by atoms with E-state index in [9.17, 15) is 0 Å². The third kappa shape index (κ3) is 5.31. The molecule has 0 atom stereocenters. The molecule has 1 aliphatic carbocycles. The highest BCUT2D eigenvalue weighted by Gasteiger charge is 2.14. The maximum Gasteiger partial charge on any atom is 0.0682 e. The Kier molecular flexibility index (Phi) is 6.67. The van der Waals surface area contributed by atoms with Gasteiger partial charge in [-0.2, -0.15) is 0 Å². The van der Waals surface area contributed by atoms with Crippen LogP contribution in [-0.4, -0.2) is 5.11 Å². The van der Waals surface area contributed by atoms with E-state index in [2.05, 4.69) is 36.4 Å². The molecular formula is C21H28O. The van der Waals surface area contributed by atoms with E-state index >= 15 is 0 Å². The zero-order valence-corrected chi connectivity index (χ0v) is 13.9. The van der Waals surface area contributed by atoms with Crippen LogP contribution < -0.4 is 0 Å². The summed E-state index contributed by atoms with van der Waals surface area (Å²) in [4.78, 5) is 0. The first-order valence-electron chi connectivity index (χ1n) is 8.42. The highest BCUT2D eigenvalue weighted by molar-refractivity contribution is 5.27. The van der Waals surface area contributed by atoms with Crippen LogP contribution in [-0.2, 0) is 6.61 Å². The molecule has 0 unspecified atom stereocenters. The quantitative estimate of drug-likeness (QED) is 0.772. The summed E-state index contributed by atoms with van der Waals surface area (Å²) in [5.74, 6) is 0.861. The van der Waals surface area contributed by atoms with E-state index in [0.29, 0.717) is 0 Å². The second kappa shape index (κ2) is 8.75. The third-order valence-corrected chi connectivity index (χ3v) is 4.34. The fourth-order valence-corrected chi connectivity index (χ4v) is 3.32. The van der Waals surface area contributed by atoms with Crippen LogP contribution in [0.15, 0.2) is 48.5 Å². The Labute approximate surface area is 135 Å². The van der Waals surface area contributed by atoms with Crippen LogP contribution in [0.1, 0.15) is 60.3 Å². The van der Waals surface area contributed by atoms with Crippen LogP contribution in [0.5, 0.6) is 0 Å². The molecule has 118 valence electrons. The predicted molar refractivity (Wildman–Crippen MR) is 94.1 cm³/mol. The maximum absolute atomic E-state index is 8.79. The molecule has 22 heavy (non-hydrogen) atoms. The summed E-state index contributed by atoms with van der Waals surface area (Å²) in [6.07, 6.45) is 7.12. The van der Waals surface area contributed by atoms with Crippen molar-refractivity contribution < 1.29 is 5.11 Å². The fraction of sp³-hybridized carbons (Fsp3) is 0.429. The molecule has 1 fully saturated rings. The van der Waals surface area contributed by atoms with E-state index in [1.54, 1.807) is 5.56 Å². The second-order valence-electron chi connectivity index (χ2n) is 6.40. The molecule has 2 aromatic rings. The number of benzene rings is 2. The molecule has 1 N–H and O–H groups in total. The fourth-order valence-electron chi connectivity index (χ4n) is 3.32. The molecule has 1 heteroatoms. The smallest absolute Gasteiger partial charge is 0.0682 e. The number of aliphatic hydroxyl groups excluding tert-OH is 1. The molecule has 0 heterocycles. The van der Waals surface area contributed by atoms with Gasteiger partial charge >= 0.3 is 0 Å². The van der Waals surface area contributed by atoms with Gasteiger partial charge in [-0.3, -0.25) is 0 Å². The Morgan fingerprint density at radius 2 is 1.45 bits per heavy atom. The lowest BCUT2D eigenvalue weighted by atomic mass is 9.84. The lowest BCUT2D eigenvalue weighted by molar-refractivity contribution is 0.281. The number of hydrogen-bond donors (Lipinski definition) is 1. The number of aryl methyl sites for hydroxylation is 2. The standard InChI is InChI=1S/C12H16.C9H12O/c1-3-7-11(8-4-1)12-9-5-2-6-10-12;1-7-3-8(2)5-9(4-7)6-10/h1,3-4,7-8,12H,2,5-6,9-10H2;3-5,10H,6H2,1-2H3. The van der Waals surface area contributed by atoms with Gasteiger partial charge in [0.1, 0.15) is 0 Å². The van der Waals surface area contributed by atoms with Gasteiger partial charge in [0.2, 0.25) is 0 Å². The normalized spacial score (nSPS) is 15.0. The molecule has 0 bridgehead atoms. The first-order valence-corrected chi connectivity index (χ1v) is 8.42. The molecule has 0 saturated heterocycles. The molecule has 1 nitrogen and oxygen atoms in total. The minimum Gasteiger partial charge on any atom is -0.392 e. The molecular weight excluding hydrogens is 268 g/mol. The molecule has 0 amide bonds. The van der Waals surface area contributed by atoms with E-state index in [0.717, 1.165) is 11.5 Å². The van der Waals surface area contributed by atoms with Gasteiger partial charge in [0, 0.05) is 0 Å². The van der Waals surface area contributed by atoms with Crippen LogP contribution >= 0.6 is 0 Å². The Bertz CT molecular complexity index is 533. The molecule has 1 aliphatic rings. The first kappa shape index (κ1) is 16.8. The van der Waals surface area contributed by atoms with Crippen LogP contribution in [0.4, 0.5) is 0 Å². The maximum atomic E-state index is 8.79. The first-order chi connectivity index (χ1) is 10.7. The van der Waals surface area contributed by atoms with Crippen LogP contribution in [0.2, 0.25) is 0 Å². The van der Waals surface area contributed by atoms with Crippen molar-refractivity contribution in [3.63, 3.8) is 0 Å². The van der Waals surface area contributed by atoms with Crippen molar-refractivity contribution in [1.29, 1.82) is 0 Å². The highest BCUT2D eigenvalue weighted by Crippen LogP contribution is 2.32. The van der Waals surface area contributed by atoms with Crippen molar-refractivity contribution in [3.05, 3.63) is 70.8 Å². The molecule has 0 aromatic heterocycles. The van der Waals surface area contributed by atoms with Crippen LogP contribution in [0.3, 0.4) is 0 Å². The van der Waals surface area contributed by atoms with Gasteiger partial charge in [-0.15, -0.1) is 0 Å². The SMILES string of the molecule is Cc1cc(C)cc(CO)c1.c1ccc(C2CCCCC2)cc1. The molecule has 1 saturated carbocycles. The molecule has 3 rings (SSSR count). The van der Waals surface area contributed by atoms with Crippen molar-refractivity contribution in [2.45, 2.75) is 58.5 Å². The van der Waals surface area contributed by atoms with E-state index < -0.39 is 0 Å². The number of aliphatic hydroxyl groups is 1. The Morgan fingerprint density at radius 3 is 2.00 bits per heavy atom. The zero-order chi connectivity index (χ0) is 15.8. The zero-order valence-electron chi connectivity index (χ0n) is 13.9. The van der Waals surface area contributed by atoms with Gasteiger partial charge in [-0.25, -0.2) is 0 Å². The monoisotopic (exact) mass is 296 g/mol. The average Bonchev–Trinajstić information content (AvgIpc) is 2.56. The van der Waals surface area contributed by atoms with Gasteiger partial charge in [0.05, 0.1) is 6.61 Å². The van der Waals surface area contributed by atoms with Gasteiger partial charge in [0.25, 0.3) is 0 Å². The summed E-state index contributed by atoms with van der Waals surface area (Å²) in [6.45, 7) is 4.21. The second-order valence-corrected chi connectivity index (χ2v) is 6.40. The summed E-state index contributed by atoms with van der Waals surface area (Å²) in [5.41, 5.74) is 4.97. The molecule has 0 radical (unpaired) electrons. The average molecular weight is 296 g/mol. The molecule has 0 aliphatic heterocycles. The highest BCUT2D eigenvalue weighted by atomic mass is 16.3. The third-order valence-electron chi connectivity index (χ3n) is 4.34. The van der Waals surface area contributed by atoms with E-state index in [-0.39, 0.29) is 6.61 Å². The van der Waals surface area contributed by atoms with E-state index in [4.69, 9.17) is 5.11 Å². The topological polar surface area (TPSA) is 20.2 Å². The summed E-state index contributed by atoms with van der Waals surface area (Å²) in [5, 5.41) is 8.79. The van der Waals surface area contributed by atoms with E-state index in [1.165, 1.54) is 43.2 Å². The van der Waals surface area contributed by atoms with Gasteiger partial charge in [0.15, 0.2) is 0 Å². The lowest BCUT2D eigenvalue weighted by Gasteiger charge is -2.21. The minimum atomic E-state index is 0.141. The molecule has 0 spiro atoms. The van der Waals surface area contributed by atoms with Crippen molar-refractivity contribution in [1.82, 2.24) is 0 Å². The van der Waals surface area contributed by atoms with Crippen LogP contribution in [0.25, 0.3) is 0 Å². The Morgan fingerprint density at radius 1 is 0.864 bits per heavy atom. The lowest BCUT2D eigenvalue weighted by Crippen LogP contribution is -2.03.